The van der Waals surface area contributed by atoms with E-state index in [0.717, 1.165) is 17.9 Å². The molecule has 6 heteroatoms. The summed E-state index contributed by atoms with van der Waals surface area (Å²) >= 11 is 0. The Bertz CT molecular complexity index is 942. The molecule has 3 atom stereocenters. The summed E-state index contributed by atoms with van der Waals surface area (Å²) in [6, 6.07) is 15.7. The smallest absolute Gasteiger partial charge is 0.264 e. The van der Waals surface area contributed by atoms with Gasteiger partial charge in [0.25, 0.3) is 10.0 Å². The van der Waals surface area contributed by atoms with Crippen LogP contribution in [0.1, 0.15) is 31.2 Å². The first-order chi connectivity index (χ1) is 13.4. The van der Waals surface area contributed by atoms with E-state index >= 15 is 0 Å². The topological polar surface area (TPSA) is 66.5 Å². The van der Waals surface area contributed by atoms with Crippen LogP contribution in [0, 0.1) is 18.8 Å². The van der Waals surface area contributed by atoms with Gasteiger partial charge in [-0.25, -0.2) is 8.42 Å². The van der Waals surface area contributed by atoms with Gasteiger partial charge in [-0.1, -0.05) is 42.3 Å². The zero-order valence-corrected chi connectivity index (χ0v) is 16.9. The third-order valence-corrected chi connectivity index (χ3v) is 7.81. The zero-order valence-electron chi connectivity index (χ0n) is 16.0. The molecule has 0 saturated heterocycles. The maximum absolute atomic E-state index is 13.3. The van der Waals surface area contributed by atoms with Gasteiger partial charge in [0.05, 0.1) is 10.6 Å². The molecule has 4 rings (SSSR count). The van der Waals surface area contributed by atoms with Crippen LogP contribution in [0.15, 0.2) is 59.5 Å². The van der Waals surface area contributed by atoms with E-state index in [1.165, 1.54) is 23.6 Å². The lowest BCUT2D eigenvalue weighted by atomic mass is 9.95. The van der Waals surface area contributed by atoms with Crippen molar-refractivity contribution in [1.82, 2.24) is 5.32 Å². The van der Waals surface area contributed by atoms with Crippen LogP contribution in [0.2, 0.25) is 0 Å². The third kappa shape index (κ3) is 3.78. The van der Waals surface area contributed by atoms with Crippen molar-refractivity contribution in [3.8, 4) is 0 Å². The fourth-order valence-corrected chi connectivity index (χ4v) is 5.99. The second-order valence-electron chi connectivity index (χ2n) is 8.01. The van der Waals surface area contributed by atoms with Crippen molar-refractivity contribution in [3.05, 3.63) is 60.2 Å². The van der Waals surface area contributed by atoms with Gasteiger partial charge in [-0.15, -0.1) is 0 Å². The van der Waals surface area contributed by atoms with E-state index in [0.29, 0.717) is 11.6 Å². The number of benzene rings is 2. The number of hydrogen-bond acceptors (Lipinski definition) is 3. The number of nitrogens with one attached hydrogen (secondary N) is 1. The van der Waals surface area contributed by atoms with E-state index < -0.39 is 10.0 Å². The maximum Gasteiger partial charge on any atom is 0.264 e. The third-order valence-electron chi connectivity index (χ3n) is 6.02. The van der Waals surface area contributed by atoms with E-state index in [1.54, 1.807) is 42.5 Å². The standard InChI is InChI=1S/C22H26N2O3S/c1-16-7-11-19(12-8-16)24(28(26,27)20-5-3-2-4-6-20)15-22(25)23-21-14-17-9-10-18(21)13-17/h2-8,11-12,17-18,21H,9-10,13-15H2,1H3,(H,23,25)/t17-,18-,21-/m0/s1. The number of rotatable bonds is 6. The lowest BCUT2D eigenvalue weighted by Gasteiger charge is -2.27. The molecule has 0 unspecified atom stereocenters. The molecule has 0 heterocycles. The Morgan fingerprint density at radius 2 is 1.75 bits per heavy atom. The largest absolute Gasteiger partial charge is 0.352 e. The van der Waals surface area contributed by atoms with E-state index in [9.17, 15) is 13.2 Å². The number of aryl methyl sites for hydroxylation is 1. The number of anilines is 1. The fourth-order valence-electron chi connectivity index (χ4n) is 4.55. The lowest BCUT2D eigenvalue weighted by Crippen LogP contribution is -2.45. The molecule has 1 N–H and O–H groups in total. The number of nitrogens with zero attached hydrogens (tertiary/aromatic N) is 1. The molecule has 1 amide bonds. The molecular weight excluding hydrogens is 372 g/mol. The molecule has 0 aliphatic heterocycles. The SMILES string of the molecule is Cc1ccc(N(CC(=O)N[C@H]2C[C@H]3CC[C@H]2C3)S(=O)(=O)c2ccccc2)cc1. The van der Waals surface area contributed by atoms with Gasteiger partial charge in [0.2, 0.25) is 5.91 Å². The molecule has 2 saturated carbocycles. The van der Waals surface area contributed by atoms with Crippen molar-refractivity contribution in [2.75, 3.05) is 10.8 Å². The van der Waals surface area contributed by atoms with Gasteiger partial charge in [0.1, 0.15) is 6.54 Å². The lowest BCUT2D eigenvalue weighted by molar-refractivity contribution is -0.120. The summed E-state index contributed by atoms with van der Waals surface area (Å²) in [4.78, 5) is 13.0. The summed E-state index contributed by atoms with van der Waals surface area (Å²) in [6.07, 6.45) is 4.63. The predicted octanol–water partition coefficient (Wildman–Crippen LogP) is 3.50. The van der Waals surface area contributed by atoms with Gasteiger partial charge < -0.3 is 5.32 Å². The van der Waals surface area contributed by atoms with Crippen LogP contribution in [-0.4, -0.2) is 26.9 Å². The second kappa shape index (κ2) is 7.59. The van der Waals surface area contributed by atoms with Crippen LogP contribution in [0.25, 0.3) is 0 Å². The number of fused-ring (bicyclic) bond motifs is 2. The summed E-state index contributed by atoms with van der Waals surface area (Å²) in [5.74, 6) is 1.03. The summed E-state index contributed by atoms with van der Waals surface area (Å²) in [5.41, 5.74) is 1.53. The number of amides is 1. The highest BCUT2D eigenvalue weighted by Gasteiger charge is 2.40. The van der Waals surface area contributed by atoms with Crippen molar-refractivity contribution >= 4 is 21.6 Å². The molecule has 2 bridgehead atoms. The minimum absolute atomic E-state index is 0.184. The van der Waals surface area contributed by atoms with E-state index in [2.05, 4.69) is 5.32 Å². The Morgan fingerprint density at radius 3 is 2.36 bits per heavy atom. The summed E-state index contributed by atoms with van der Waals surface area (Å²) < 4.78 is 27.7. The first-order valence-electron chi connectivity index (χ1n) is 9.87. The normalized spacial score (nSPS) is 23.5. The van der Waals surface area contributed by atoms with E-state index in [1.807, 2.05) is 19.1 Å². The Kier molecular flexibility index (Phi) is 5.15. The molecule has 28 heavy (non-hydrogen) atoms. The molecule has 2 aliphatic carbocycles. The summed E-state index contributed by atoms with van der Waals surface area (Å²) in [7, 11) is -3.83. The van der Waals surface area contributed by atoms with Crippen molar-refractivity contribution in [1.29, 1.82) is 0 Å². The summed E-state index contributed by atoms with van der Waals surface area (Å²) in [6.45, 7) is 1.73. The van der Waals surface area contributed by atoms with Gasteiger partial charge in [0, 0.05) is 6.04 Å². The van der Waals surface area contributed by atoms with E-state index in [4.69, 9.17) is 0 Å². The highest BCUT2D eigenvalue weighted by Crippen LogP contribution is 2.44. The number of sulfonamides is 1. The van der Waals surface area contributed by atoms with Gasteiger partial charge >= 0.3 is 0 Å². The quantitative estimate of drug-likeness (QED) is 0.810. The van der Waals surface area contributed by atoms with E-state index in [-0.39, 0.29) is 23.4 Å². The van der Waals surface area contributed by atoms with Gasteiger partial charge in [0.15, 0.2) is 0 Å². The molecule has 2 aliphatic rings. The average molecular weight is 399 g/mol. The minimum atomic E-state index is -3.83. The highest BCUT2D eigenvalue weighted by atomic mass is 32.2. The molecule has 148 valence electrons. The average Bonchev–Trinajstić information content (AvgIpc) is 3.31. The maximum atomic E-state index is 13.3. The van der Waals surface area contributed by atoms with Crippen LogP contribution in [0.4, 0.5) is 5.69 Å². The van der Waals surface area contributed by atoms with Crippen molar-refractivity contribution in [2.45, 2.75) is 43.5 Å². The van der Waals surface area contributed by atoms with Crippen LogP contribution < -0.4 is 9.62 Å². The summed E-state index contributed by atoms with van der Waals surface area (Å²) in [5, 5.41) is 3.10. The Hall–Kier alpha value is -2.34. The molecule has 5 nitrogen and oxygen atoms in total. The molecular formula is C22H26N2O3S. The second-order valence-corrected chi connectivity index (χ2v) is 9.87. The fraction of sp³-hybridized carbons (Fsp3) is 0.409. The molecule has 0 aromatic heterocycles. The van der Waals surface area contributed by atoms with Gasteiger partial charge in [-0.2, -0.15) is 0 Å². The molecule has 2 fully saturated rings. The number of hydrogen-bond donors (Lipinski definition) is 1. The first-order valence-corrected chi connectivity index (χ1v) is 11.3. The molecule has 0 radical (unpaired) electrons. The predicted molar refractivity (Wildman–Crippen MR) is 110 cm³/mol. The molecule has 2 aromatic carbocycles. The van der Waals surface area contributed by atoms with Crippen LogP contribution in [0.3, 0.4) is 0 Å². The zero-order chi connectivity index (χ0) is 19.7. The van der Waals surface area contributed by atoms with Crippen LogP contribution in [-0.2, 0) is 14.8 Å². The minimum Gasteiger partial charge on any atom is -0.352 e. The Morgan fingerprint density at radius 1 is 1.04 bits per heavy atom. The van der Waals surface area contributed by atoms with Crippen molar-refractivity contribution < 1.29 is 13.2 Å². The van der Waals surface area contributed by atoms with Crippen LogP contribution in [0.5, 0.6) is 0 Å². The Balaban J connectivity index is 1.58. The van der Waals surface area contributed by atoms with Crippen LogP contribution >= 0.6 is 0 Å². The Labute approximate surface area is 166 Å². The molecule has 0 spiro atoms. The van der Waals surface area contributed by atoms with Gasteiger partial charge in [-0.05, 0) is 62.3 Å². The number of carbonyl (C=O) groups is 1. The van der Waals surface area contributed by atoms with Gasteiger partial charge in [-0.3, -0.25) is 9.10 Å². The monoisotopic (exact) mass is 398 g/mol. The van der Waals surface area contributed by atoms with Crippen molar-refractivity contribution in [2.24, 2.45) is 11.8 Å². The molecule has 2 aromatic rings. The van der Waals surface area contributed by atoms with Crippen molar-refractivity contribution in [3.63, 3.8) is 0 Å². The highest BCUT2D eigenvalue weighted by molar-refractivity contribution is 7.92. The number of carbonyl (C=O) groups excluding carboxylic acids is 1. The first kappa shape index (κ1) is 19.0.